The number of nitrogens with zero attached hydrogens (tertiary/aromatic N) is 1. The van der Waals surface area contributed by atoms with Gasteiger partial charge >= 0.3 is 0 Å². The number of carbonyl (C=O) groups is 1. The second-order valence-corrected chi connectivity index (χ2v) is 4.78. The Morgan fingerprint density at radius 2 is 2.17 bits per heavy atom. The number of fused-ring (bicyclic) bond motifs is 1. The van der Waals surface area contributed by atoms with Crippen molar-refractivity contribution < 1.29 is 14.3 Å². The summed E-state index contributed by atoms with van der Waals surface area (Å²) in [5.41, 5.74) is 1.09. The van der Waals surface area contributed by atoms with E-state index in [2.05, 4.69) is 0 Å². The van der Waals surface area contributed by atoms with Crippen LogP contribution < -0.4 is 4.74 Å². The molecule has 0 aliphatic carbocycles. The maximum Gasteiger partial charge on any atom is 0.228 e. The maximum atomic E-state index is 12.4. The first-order valence-electron chi connectivity index (χ1n) is 6.42. The van der Waals surface area contributed by atoms with Crippen molar-refractivity contribution in [1.82, 2.24) is 4.90 Å². The van der Waals surface area contributed by atoms with Gasteiger partial charge in [-0.1, -0.05) is 18.2 Å². The number of hydrogen-bond acceptors (Lipinski definition) is 3. The molecule has 1 fully saturated rings. The fourth-order valence-electron chi connectivity index (χ4n) is 2.50. The van der Waals surface area contributed by atoms with Crippen LogP contribution in [0.5, 0.6) is 5.75 Å². The minimum absolute atomic E-state index is 0.0373. The standard InChI is InChI=1S/C14H17NO3/c16-14(12-5-7-17-10-12)15-6-8-18-13-4-2-1-3-11(13)9-15/h1-4,12H,5-10H2. The van der Waals surface area contributed by atoms with Crippen molar-refractivity contribution in [2.75, 3.05) is 26.4 Å². The van der Waals surface area contributed by atoms with Gasteiger partial charge in [0.15, 0.2) is 0 Å². The van der Waals surface area contributed by atoms with E-state index in [4.69, 9.17) is 9.47 Å². The molecule has 96 valence electrons. The summed E-state index contributed by atoms with van der Waals surface area (Å²) in [4.78, 5) is 14.2. The smallest absolute Gasteiger partial charge is 0.228 e. The molecule has 1 saturated heterocycles. The second-order valence-electron chi connectivity index (χ2n) is 4.78. The van der Waals surface area contributed by atoms with Crippen molar-refractivity contribution in [1.29, 1.82) is 0 Å². The fraction of sp³-hybridized carbons (Fsp3) is 0.500. The molecule has 0 N–H and O–H groups in total. The Hall–Kier alpha value is -1.55. The quantitative estimate of drug-likeness (QED) is 0.754. The monoisotopic (exact) mass is 247 g/mol. The summed E-state index contributed by atoms with van der Waals surface area (Å²) in [5.74, 6) is 1.14. The molecular formula is C14H17NO3. The molecule has 0 saturated carbocycles. The molecule has 2 heterocycles. The van der Waals surface area contributed by atoms with Crippen molar-refractivity contribution in [3.63, 3.8) is 0 Å². The zero-order valence-corrected chi connectivity index (χ0v) is 10.3. The minimum Gasteiger partial charge on any atom is -0.491 e. The molecule has 3 rings (SSSR count). The largest absolute Gasteiger partial charge is 0.491 e. The summed E-state index contributed by atoms with van der Waals surface area (Å²) in [7, 11) is 0. The molecule has 18 heavy (non-hydrogen) atoms. The number of carbonyl (C=O) groups excluding carboxylic acids is 1. The highest BCUT2D eigenvalue weighted by Gasteiger charge is 2.29. The zero-order chi connectivity index (χ0) is 12.4. The van der Waals surface area contributed by atoms with Gasteiger partial charge in [0, 0.05) is 18.7 Å². The summed E-state index contributed by atoms with van der Waals surface area (Å²) in [6.07, 6.45) is 0.845. The van der Waals surface area contributed by atoms with Crippen LogP contribution in [-0.4, -0.2) is 37.2 Å². The van der Waals surface area contributed by atoms with Gasteiger partial charge in [0.1, 0.15) is 12.4 Å². The van der Waals surface area contributed by atoms with Crippen LogP contribution in [0.2, 0.25) is 0 Å². The third kappa shape index (κ3) is 2.20. The zero-order valence-electron chi connectivity index (χ0n) is 10.3. The molecule has 0 radical (unpaired) electrons. The highest BCUT2D eigenvalue weighted by Crippen LogP contribution is 2.24. The van der Waals surface area contributed by atoms with Crippen LogP contribution in [0, 0.1) is 5.92 Å². The van der Waals surface area contributed by atoms with E-state index < -0.39 is 0 Å². The Morgan fingerprint density at radius 1 is 1.28 bits per heavy atom. The van der Waals surface area contributed by atoms with Gasteiger partial charge in [-0.25, -0.2) is 0 Å². The number of ether oxygens (including phenoxy) is 2. The topological polar surface area (TPSA) is 38.8 Å². The number of para-hydroxylation sites is 1. The van der Waals surface area contributed by atoms with Crippen LogP contribution in [0.4, 0.5) is 0 Å². The number of rotatable bonds is 1. The van der Waals surface area contributed by atoms with E-state index in [1.165, 1.54) is 0 Å². The molecule has 1 aromatic carbocycles. The Kier molecular flexibility index (Phi) is 3.19. The van der Waals surface area contributed by atoms with E-state index >= 15 is 0 Å². The van der Waals surface area contributed by atoms with Gasteiger partial charge in [0.2, 0.25) is 5.91 Å². The van der Waals surface area contributed by atoms with Crippen molar-refractivity contribution in [2.45, 2.75) is 13.0 Å². The lowest BCUT2D eigenvalue weighted by molar-refractivity contribution is -0.136. The highest BCUT2D eigenvalue weighted by molar-refractivity contribution is 5.79. The fourth-order valence-corrected chi connectivity index (χ4v) is 2.50. The normalized spacial score (nSPS) is 23.1. The molecule has 1 amide bonds. The first-order valence-corrected chi connectivity index (χ1v) is 6.42. The van der Waals surface area contributed by atoms with Gasteiger partial charge in [-0.05, 0) is 12.5 Å². The lowest BCUT2D eigenvalue weighted by Gasteiger charge is -2.22. The molecule has 0 aromatic heterocycles. The lowest BCUT2D eigenvalue weighted by Crippen LogP contribution is -2.37. The minimum atomic E-state index is 0.0373. The molecule has 2 aliphatic rings. The third-order valence-corrected chi connectivity index (χ3v) is 3.54. The van der Waals surface area contributed by atoms with E-state index in [9.17, 15) is 4.79 Å². The predicted octanol–water partition coefficient (Wildman–Crippen LogP) is 1.44. The SMILES string of the molecule is O=C(C1CCOC1)N1CCOc2ccccc2C1. The molecule has 0 spiro atoms. The van der Waals surface area contributed by atoms with Crippen molar-refractivity contribution in [3.8, 4) is 5.75 Å². The van der Waals surface area contributed by atoms with Crippen LogP contribution in [-0.2, 0) is 16.1 Å². The molecule has 0 bridgehead atoms. The van der Waals surface area contributed by atoms with E-state index in [-0.39, 0.29) is 11.8 Å². The predicted molar refractivity (Wildman–Crippen MR) is 66.3 cm³/mol. The summed E-state index contributed by atoms with van der Waals surface area (Å²) >= 11 is 0. The van der Waals surface area contributed by atoms with Gasteiger partial charge < -0.3 is 14.4 Å². The van der Waals surface area contributed by atoms with E-state index in [0.717, 1.165) is 17.7 Å². The first kappa shape index (κ1) is 11.5. The molecule has 4 heteroatoms. The first-order chi connectivity index (χ1) is 8.84. The average Bonchev–Trinajstić information content (AvgIpc) is 2.84. The third-order valence-electron chi connectivity index (χ3n) is 3.54. The van der Waals surface area contributed by atoms with E-state index in [1.807, 2.05) is 29.2 Å². The van der Waals surface area contributed by atoms with Crippen molar-refractivity contribution in [3.05, 3.63) is 29.8 Å². The Labute approximate surface area is 106 Å². The molecule has 1 aromatic rings. The molecule has 4 nitrogen and oxygen atoms in total. The van der Waals surface area contributed by atoms with Crippen LogP contribution in [0.1, 0.15) is 12.0 Å². The van der Waals surface area contributed by atoms with E-state index in [1.54, 1.807) is 0 Å². The van der Waals surface area contributed by atoms with Crippen LogP contribution in [0.3, 0.4) is 0 Å². The van der Waals surface area contributed by atoms with Crippen LogP contribution >= 0.6 is 0 Å². The Morgan fingerprint density at radius 3 is 3.00 bits per heavy atom. The number of amides is 1. The van der Waals surface area contributed by atoms with Gasteiger partial charge in [-0.15, -0.1) is 0 Å². The van der Waals surface area contributed by atoms with Crippen LogP contribution in [0.25, 0.3) is 0 Å². The Balaban J connectivity index is 1.76. The second kappa shape index (κ2) is 4.98. The number of hydrogen-bond donors (Lipinski definition) is 0. The maximum absolute atomic E-state index is 12.4. The van der Waals surface area contributed by atoms with Gasteiger partial charge in [0.05, 0.1) is 19.1 Å². The number of benzene rings is 1. The molecular weight excluding hydrogens is 230 g/mol. The van der Waals surface area contributed by atoms with Crippen molar-refractivity contribution >= 4 is 5.91 Å². The molecule has 1 atom stereocenters. The van der Waals surface area contributed by atoms with E-state index in [0.29, 0.717) is 32.9 Å². The Bertz CT molecular complexity index is 440. The molecule has 1 unspecified atom stereocenters. The highest BCUT2D eigenvalue weighted by atomic mass is 16.5. The molecule has 2 aliphatic heterocycles. The van der Waals surface area contributed by atoms with Crippen molar-refractivity contribution in [2.24, 2.45) is 5.92 Å². The van der Waals surface area contributed by atoms with Crippen LogP contribution in [0.15, 0.2) is 24.3 Å². The van der Waals surface area contributed by atoms with Gasteiger partial charge in [0.25, 0.3) is 0 Å². The summed E-state index contributed by atoms with van der Waals surface area (Å²) in [6.45, 7) is 3.14. The average molecular weight is 247 g/mol. The summed E-state index contributed by atoms with van der Waals surface area (Å²) in [5, 5.41) is 0. The lowest BCUT2D eigenvalue weighted by atomic mass is 10.1. The summed E-state index contributed by atoms with van der Waals surface area (Å²) in [6, 6.07) is 7.92. The summed E-state index contributed by atoms with van der Waals surface area (Å²) < 4.78 is 11.0. The van der Waals surface area contributed by atoms with Gasteiger partial charge in [-0.2, -0.15) is 0 Å². The van der Waals surface area contributed by atoms with Gasteiger partial charge in [-0.3, -0.25) is 4.79 Å².